The van der Waals surface area contributed by atoms with Crippen LogP contribution in [-0.4, -0.2) is 61.2 Å². The Balaban J connectivity index is 0.724. The van der Waals surface area contributed by atoms with E-state index in [0.717, 1.165) is 78.9 Å². The number of phenolic OH excluding ortho intramolecular Hbond substituents is 2. The summed E-state index contributed by atoms with van der Waals surface area (Å²) in [6, 6.07) is 34.1. The van der Waals surface area contributed by atoms with Gasteiger partial charge in [0.25, 0.3) is 5.56 Å². The molecule has 1 saturated heterocycles. The minimum absolute atomic E-state index is 0.0118. The predicted octanol–water partition coefficient (Wildman–Crippen LogP) is 10.4. The van der Waals surface area contributed by atoms with Crippen molar-refractivity contribution in [3.8, 4) is 28.7 Å². The first kappa shape index (κ1) is 41.6. The molecule has 1 spiro atoms. The van der Waals surface area contributed by atoms with Crippen LogP contribution >= 0.6 is 12.2 Å². The highest BCUT2D eigenvalue weighted by Gasteiger charge is 2.53. The molecule has 0 bridgehead atoms. The fourth-order valence-corrected chi connectivity index (χ4v) is 10.3. The lowest BCUT2D eigenvalue weighted by molar-refractivity contribution is 0.0224. The number of fused-ring (bicyclic) bond motifs is 9. The standard InChI is InChI=1S/C53H51N3O7S/c1-34-9-12-36(13-10-34)37-21-26-54(27-22-37)23-6-25-56-46-20-16-40(33-48(46)55-24-5-8-47(55)51(56)59)61-28-4-2-3-7-41(64)29-35-11-17-43-42(30-35)52(60)63-53(43)44-18-14-38(57)31-49(44)62-50-32-39(58)15-19-45(50)53/h5,8-20,24,30-33,37,57-58H,2-4,6-7,21-23,25-29H2,1H3. The summed E-state index contributed by atoms with van der Waals surface area (Å²) in [4.78, 5) is 30.7. The fraction of sp³-hybridized carbons (Fsp3) is 0.302. The van der Waals surface area contributed by atoms with E-state index in [2.05, 4.69) is 36.1 Å². The van der Waals surface area contributed by atoms with Crippen molar-refractivity contribution < 1.29 is 29.2 Å². The number of unbranched alkanes of at least 4 members (excludes halogenated alkanes) is 2. The molecule has 0 atom stereocenters. The van der Waals surface area contributed by atoms with Gasteiger partial charge in [-0.1, -0.05) is 54.2 Å². The van der Waals surface area contributed by atoms with Gasteiger partial charge in [-0.05, 0) is 148 Å². The highest BCUT2D eigenvalue weighted by atomic mass is 32.1. The van der Waals surface area contributed by atoms with Crippen molar-refractivity contribution in [3.05, 3.63) is 165 Å². The number of esters is 1. The van der Waals surface area contributed by atoms with E-state index < -0.39 is 11.6 Å². The zero-order chi connectivity index (χ0) is 44.0. The normalized spacial score (nSPS) is 15.5. The minimum Gasteiger partial charge on any atom is -0.508 e. The number of aromatic hydroxyl groups is 2. The van der Waals surface area contributed by atoms with Gasteiger partial charge in [-0.3, -0.25) is 4.79 Å². The van der Waals surface area contributed by atoms with E-state index in [1.807, 2.05) is 63.7 Å². The number of ether oxygens (including phenoxy) is 3. The second-order valence-corrected chi connectivity index (χ2v) is 18.1. The number of rotatable bonds is 14. The van der Waals surface area contributed by atoms with E-state index >= 15 is 0 Å². The Bertz CT molecular complexity index is 2930. The molecule has 0 amide bonds. The maximum atomic E-state index is 13.7. The summed E-state index contributed by atoms with van der Waals surface area (Å²) in [6.45, 7) is 6.51. The molecule has 3 aliphatic rings. The molecule has 64 heavy (non-hydrogen) atoms. The molecule has 326 valence electrons. The summed E-state index contributed by atoms with van der Waals surface area (Å²) in [5, 5.41) is 20.4. The second-order valence-electron chi connectivity index (χ2n) is 17.5. The molecule has 0 saturated carbocycles. The number of carbonyl (C=O) groups excluding carboxylic acids is 1. The topological polar surface area (TPSA) is 115 Å². The van der Waals surface area contributed by atoms with Crippen LogP contribution in [0.15, 0.2) is 120 Å². The van der Waals surface area contributed by atoms with Crippen LogP contribution in [-0.2, 0) is 23.3 Å². The molecule has 2 aromatic heterocycles. The molecular weight excluding hydrogens is 823 g/mol. The first-order valence-electron chi connectivity index (χ1n) is 22.4. The largest absolute Gasteiger partial charge is 0.508 e. The van der Waals surface area contributed by atoms with Gasteiger partial charge < -0.3 is 38.3 Å². The van der Waals surface area contributed by atoms with E-state index in [1.54, 1.807) is 24.3 Å². The van der Waals surface area contributed by atoms with Gasteiger partial charge in [-0.15, -0.1) is 0 Å². The number of carbonyl (C=O) groups is 1. The number of aromatic nitrogens is 2. The van der Waals surface area contributed by atoms with Crippen molar-refractivity contribution in [3.63, 3.8) is 0 Å². The van der Waals surface area contributed by atoms with Crippen molar-refractivity contribution >= 4 is 39.6 Å². The molecule has 10 rings (SSSR count). The summed E-state index contributed by atoms with van der Waals surface area (Å²) in [5.41, 5.74) is 7.27. The van der Waals surface area contributed by atoms with Crippen LogP contribution in [0.1, 0.15) is 94.6 Å². The van der Waals surface area contributed by atoms with E-state index in [1.165, 1.54) is 36.1 Å². The summed E-state index contributed by atoms with van der Waals surface area (Å²) in [6.07, 6.45) is 9.27. The maximum Gasteiger partial charge on any atom is 0.340 e. The average Bonchev–Trinajstić information content (AvgIpc) is 3.90. The van der Waals surface area contributed by atoms with Gasteiger partial charge >= 0.3 is 5.97 Å². The molecule has 0 unspecified atom stereocenters. The monoisotopic (exact) mass is 873 g/mol. The number of hydrogen-bond acceptors (Lipinski definition) is 9. The number of hydrogen-bond donors (Lipinski definition) is 2. The minimum atomic E-state index is -1.29. The highest BCUT2D eigenvalue weighted by Crippen LogP contribution is 2.57. The zero-order valence-corrected chi connectivity index (χ0v) is 36.7. The second kappa shape index (κ2) is 17.3. The molecule has 7 aromatic rings. The SMILES string of the molecule is Cc1ccc(C2CCN(CCCn3c(=O)c4cccn4c4cc(OCCCCCC(=S)Cc5ccc6c(c5)C(=O)OC65c6ccc(O)cc6Oc6cc(O)ccc65)ccc43)CC2)cc1. The van der Waals surface area contributed by atoms with Gasteiger partial charge in [0.05, 0.1) is 23.2 Å². The van der Waals surface area contributed by atoms with Crippen LogP contribution in [0, 0.1) is 6.92 Å². The fourth-order valence-electron chi connectivity index (χ4n) is 10.00. The molecule has 3 aliphatic heterocycles. The number of phenols is 2. The van der Waals surface area contributed by atoms with Gasteiger partial charge in [0.1, 0.15) is 34.3 Å². The number of thiocarbonyl (C=S) groups is 1. The lowest BCUT2D eigenvalue weighted by Gasteiger charge is -2.36. The van der Waals surface area contributed by atoms with Gasteiger partial charge in [0.2, 0.25) is 0 Å². The third-order valence-electron chi connectivity index (χ3n) is 13.3. The van der Waals surface area contributed by atoms with Gasteiger partial charge in [-0.2, -0.15) is 0 Å². The summed E-state index contributed by atoms with van der Waals surface area (Å²) in [7, 11) is 0. The molecule has 0 aliphatic carbocycles. The van der Waals surface area contributed by atoms with Crippen LogP contribution in [0.5, 0.6) is 28.7 Å². The molecule has 11 heteroatoms. The lowest BCUT2D eigenvalue weighted by Crippen LogP contribution is -2.34. The van der Waals surface area contributed by atoms with E-state index in [9.17, 15) is 19.8 Å². The smallest absolute Gasteiger partial charge is 0.340 e. The van der Waals surface area contributed by atoms with Crippen LogP contribution in [0.3, 0.4) is 0 Å². The van der Waals surface area contributed by atoms with Crippen molar-refractivity contribution in [1.29, 1.82) is 0 Å². The Morgan fingerprint density at radius 2 is 1.50 bits per heavy atom. The Kier molecular flexibility index (Phi) is 11.2. The number of piperidine rings is 1. The quantitative estimate of drug-likeness (QED) is 0.0626. The predicted molar refractivity (Wildman–Crippen MR) is 252 cm³/mol. The van der Waals surface area contributed by atoms with Crippen molar-refractivity contribution in [1.82, 2.24) is 13.9 Å². The van der Waals surface area contributed by atoms with Crippen molar-refractivity contribution in [2.45, 2.75) is 76.4 Å². The summed E-state index contributed by atoms with van der Waals surface area (Å²) in [5.74, 6) is 1.66. The first-order chi connectivity index (χ1) is 31.1. The van der Waals surface area contributed by atoms with Crippen molar-refractivity contribution in [2.24, 2.45) is 0 Å². The molecular formula is C53H51N3O7S. The molecule has 5 aromatic carbocycles. The molecule has 2 N–H and O–H groups in total. The third-order valence-corrected chi connectivity index (χ3v) is 13.7. The number of benzene rings is 5. The zero-order valence-electron chi connectivity index (χ0n) is 35.9. The van der Waals surface area contributed by atoms with Crippen LogP contribution in [0.25, 0.3) is 16.6 Å². The van der Waals surface area contributed by atoms with Crippen LogP contribution < -0.4 is 15.0 Å². The summed E-state index contributed by atoms with van der Waals surface area (Å²) >= 11 is 5.83. The Morgan fingerprint density at radius 3 is 2.25 bits per heavy atom. The lowest BCUT2D eigenvalue weighted by atomic mass is 9.77. The molecule has 10 nitrogen and oxygen atoms in total. The van der Waals surface area contributed by atoms with Crippen LogP contribution in [0.4, 0.5) is 0 Å². The first-order valence-corrected chi connectivity index (χ1v) is 22.8. The number of likely N-dealkylation sites (tertiary alicyclic amines) is 1. The van der Waals surface area contributed by atoms with Crippen LogP contribution in [0.2, 0.25) is 0 Å². The maximum absolute atomic E-state index is 13.7. The molecule has 1 fully saturated rings. The van der Waals surface area contributed by atoms with Crippen molar-refractivity contribution in [2.75, 3.05) is 26.2 Å². The Morgan fingerprint density at radius 1 is 0.766 bits per heavy atom. The number of nitrogens with zero attached hydrogens (tertiary/aromatic N) is 3. The Hall–Kier alpha value is -6.43. The van der Waals surface area contributed by atoms with Gasteiger partial charge in [0, 0.05) is 54.1 Å². The Labute approximate surface area is 377 Å². The van der Waals surface area contributed by atoms with E-state index in [0.29, 0.717) is 64.8 Å². The van der Waals surface area contributed by atoms with E-state index in [4.69, 9.17) is 26.4 Å². The number of aryl methyl sites for hydroxylation is 2. The average molecular weight is 874 g/mol. The third kappa shape index (κ3) is 7.81. The molecule has 0 radical (unpaired) electrons. The summed E-state index contributed by atoms with van der Waals surface area (Å²) < 4.78 is 22.5. The highest BCUT2D eigenvalue weighted by molar-refractivity contribution is 7.80. The van der Waals surface area contributed by atoms with Gasteiger partial charge in [-0.25, -0.2) is 4.79 Å². The van der Waals surface area contributed by atoms with Gasteiger partial charge in [0.15, 0.2) is 5.60 Å². The van der Waals surface area contributed by atoms with E-state index in [-0.39, 0.29) is 17.1 Å². The molecule has 5 heterocycles.